The van der Waals surface area contributed by atoms with Gasteiger partial charge in [-0.3, -0.25) is 5.01 Å². The van der Waals surface area contributed by atoms with E-state index in [1.54, 1.807) is 0 Å². The van der Waals surface area contributed by atoms with Gasteiger partial charge in [0.15, 0.2) is 0 Å². The lowest BCUT2D eigenvalue weighted by Gasteiger charge is -2.38. The summed E-state index contributed by atoms with van der Waals surface area (Å²) in [7, 11) is 0. The molecule has 1 atom stereocenters. The van der Waals surface area contributed by atoms with E-state index in [4.69, 9.17) is 5.10 Å². The van der Waals surface area contributed by atoms with Crippen LogP contribution in [0.25, 0.3) is 0 Å². The maximum atomic E-state index is 4.77. The smallest absolute Gasteiger partial charge is 0.0622 e. The SMILES string of the molecule is C=CC1=C(/C=C\C)N(N=C(C)C)CC(C2CCCCC2)C1. The third kappa shape index (κ3) is 4.09. The van der Waals surface area contributed by atoms with Crippen molar-refractivity contribution in [3.05, 3.63) is 36.1 Å². The number of rotatable bonds is 4. The minimum atomic E-state index is 0.732. The Morgan fingerprint density at radius 3 is 2.48 bits per heavy atom. The molecule has 1 aliphatic carbocycles. The normalized spacial score (nSPS) is 24.5. The molecule has 0 aromatic rings. The fourth-order valence-corrected chi connectivity index (χ4v) is 3.73. The third-order valence-electron chi connectivity index (χ3n) is 4.70. The summed E-state index contributed by atoms with van der Waals surface area (Å²) in [4.78, 5) is 0. The van der Waals surface area contributed by atoms with Crippen LogP contribution in [0.4, 0.5) is 0 Å². The first-order valence-corrected chi connectivity index (χ1v) is 8.43. The van der Waals surface area contributed by atoms with Crippen molar-refractivity contribution in [3.63, 3.8) is 0 Å². The fraction of sp³-hybridized carbons (Fsp3) is 0.632. The molecule has 21 heavy (non-hydrogen) atoms. The first-order valence-electron chi connectivity index (χ1n) is 8.43. The van der Waals surface area contributed by atoms with Crippen LogP contribution in [-0.4, -0.2) is 17.3 Å². The molecule has 0 aromatic heterocycles. The van der Waals surface area contributed by atoms with E-state index >= 15 is 0 Å². The van der Waals surface area contributed by atoms with Gasteiger partial charge in [0.2, 0.25) is 0 Å². The van der Waals surface area contributed by atoms with Crippen LogP contribution < -0.4 is 0 Å². The zero-order valence-electron chi connectivity index (χ0n) is 13.9. The molecule has 1 aliphatic heterocycles. The average molecular weight is 286 g/mol. The van der Waals surface area contributed by atoms with Crippen molar-refractivity contribution in [2.75, 3.05) is 6.54 Å². The second-order valence-corrected chi connectivity index (χ2v) is 6.61. The molecule has 0 spiro atoms. The molecule has 0 aromatic carbocycles. The lowest BCUT2D eigenvalue weighted by molar-refractivity contribution is 0.176. The summed E-state index contributed by atoms with van der Waals surface area (Å²) in [5, 5.41) is 6.99. The van der Waals surface area contributed by atoms with Crippen molar-refractivity contribution in [1.82, 2.24) is 5.01 Å². The summed E-state index contributed by atoms with van der Waals surface area (Å²) < 4.78 is 0. The van der Waals surface area contributed by atoms with Crippen LogP contribution in [0.3, 0.4) is 0 Å². The second-order valence-electron chi connectivity index (χ2n) is 6.61. The Kier molecular flexibility index (Phi) is 5.84. The van der Waals surface area contributed by atoms with Gasteiger partial charge >= 0.3 is 0 Å². The van der Waals surface area contributed by atoms with Gasteiger partial charge in [0.25, 0.3) is 0 Å². The van der Waals surface area contributed by atoms with Gasteiger partial charge in [-0.25, -0.2) is 0 Å². The molecule has 2 rings (SSSR count). The number of hydrogen-bond donors (Lipinski definition) is 0. The number of hydrazone groups is 1. The minimum Gasteiger partial charge on any atom is -0.265 e. The fourth-order valence-electron chi connectivity index (χ4n) is 3.73. The highest BCUT2D eigenvalue weighted by Gasteiger charge is 2.30. The maximum Gasteiger partial charge on any atom is 0.0622 e. The van der Waals surface area contributed by atoms with E-state index in [-0.39, 0.29) is 0 Å². The topological polar surface area (TPSA) is 15.6 Å². The van der Waals surface area contributed by atoms with Crippen molar-refractivity contribution in [3.8, 4) is 0 Å². The Labute approximate surface area is 130 Å². The molecular formula is C19H30N2. The van der Waals surface area contributed by atoms with Crippen LogP contribution in [0.5, 0.6) is 0 Å². The number of allylic oxidation sites excluding steroid dienone is 4. The molecule has 116 valence electrons. The molecule has 0 amide bonds. The van der Waals surface area contributed by atoms with Gasteiger partial charge in [0, 0.05) is 12.3 Å². The maximum absolute atomic E-state index is 4.77. The molecule has 2 aliphatic rings. The van der Waals surface area contributed by atoms with Crippen LogP contribution in [0.2, 0.25) is 0 Å². The van der Waals surface area contributed by atoms with Gasteiger partial charge in [-0.1, -0.05) is 50.8 Å². The van der Waals surface area contributed by atoms with Gasteiger partial charge in [-0.2, -0.15) is 5.10 Å². The van der Waals surface area contributed by atoms with Gasteiger partial charge < -0.3 is 0 Å². The first kappa shape index (κ1) is 16.1. The van der Waals surface area contributed by atoms with E-state index in [0.717, 1.165) is 24.1 Å². The van der Waals surface area contributed by atoms with E-state index in [0.29, 0.717) is 0 Å². The molecule has 0 saturated heterocycles. The van der Waals surface area contributed by atoms with Crippen LogP contribution in [0.15, 0.2) is 41.2 Å². The molecule has 2 heteroatoms. The monoisotopic (exact) mass is 286 g/mol. The summed E-state index contributed by atoms with van der Waals surface area (Å²) in [5.74, 6) is 1.60. The van der Waals surface area contributed by atoms with Crippen molar-refractivity contribution in [2.45, 2.75) is 59.3 Å². The van der Waals surface area contributed by atoms with E-state index in [1.807, 2.05) is 6.08 Å². The Hall–Kier alpha value is -1.31. The Morgan fingerprint density at radius 1 is 1.19 bits per heavy atom. The van der Waals surface area contributed by atoms with Crippen molar-refractivity contribution >= 4 is 5.71 Å². The molecule has 1 heterocycles. The average Bonchev–Trinajstić information content (AvgIpc) is 2.49. The van der Waals surface area contributed by atoms with Crippen molar-refractivity contribution in [1.29, 1.82) is 0 Å². The number of nitrogens with zero attached hydrogens (tertiary/aromatic N) is 2. The quantitative estimate of drug-likeness (QED) is 0.640. The summed E-state index contributed by atoms with van der Waals surface area (Å²) >= 11 is 0. The van der Waals surface area contributed by atoms with Crippen LogP contribution in [-0.2, 0) is 0 Å². The zero-order chi connectivity index (χ0) is 15.2. The standard InChI is InChI=1S/C19H30N2/c1-5-10-19-16(6-2)13-18(14-21(19)20-15(3)4)17-11-8-7-9-12-17/h5-6,10,17-18H,2,7-9,11-14H2,1,3-4H3/b10-5-. The molecular weight excluding hydrogens is 256 g/mol. The summed E-state index contributed by atoms with van der Waals surface area (Å²) in [6.45, 7) is 11.3. The number of hydrogen-bond acceptors (Lipinski definition) is 2. The molecule has 2 nitrogen and oxygen atoms in total. The molecule has 0 N–H and O–H groups in total. The lowest BCUT2D eigenvalue weighted by Crippen LogP contribution is -2.35. The Morgan fingerprint density at radius 2 is 1.90 bits per heavy atom. The van der Waals surface area contributed by atoms with Crippen LogP contribution >= 0.6 is 0 Å². The van der Waals surface area contributed by atoms with E-state index in [9.17, 15) is 0 Å². The molecule has 0 bridgehead atoms. The highest BCUT2D eigenvalue weighted by Crippen LogP contribution is 2.38. The molecule has 1 fully saturated rings. The zero-order valence-corrected chi connectivity index (χ0v) is 13.9. The predicted molar refractivity (Wildman–Crippen MR) is 92.2 cm³/mol. The van der Waals surface area contributed by atoms with Crippen molar-refractivity contribution in [2.24, 2.45) is 16.9 Å². The Balaban J connectivity index is 2.27. The summed E-state index contributed by atoms with van der Waals surface area (Å²) in [6, 6.07) is 0. The van der Waals surface area contributed by atoms with E-state index in [2.05, 4.69) is 44.5 Å². The summed E-state index contributed by atoms with van der Waals surface area (Å²) in [5.41, 5.74) is 3.71. The van der Waals surface area contributed by atoms with Gasteiger partial charge in [0.05, 0.1) is 5.70 Å². The highest BCUT2D eigenvalue weighted by molar-refractivity contribution is 5.78. The second kappa shape index (κ2) is 7.63. The van der Waals surface area contributed by atoms with Gasteiger partial charge in [0.1, 0.15) is 0 Å². The Bertz CT molecular complexity index is 446. The molecule has 1 saturated carbocycles. The lowest BCUT2D eigenvalue weighted by atomic mass is 9.75. The van der Waals surface area contributed by atoms with Gasteiger partial charge in [-0.05, 0) is 50.7 Å². The first-order chi connectivity index (χ1) is 10.2. The largest absolute Gasteiger partial charge is 0.265 e. The molecule has 0 radical (unpaired) electrons. The van der Waals surface area contributed by atoms with E-state index in [1.165, 1.54) is 49.8 Å². The van der Waals surface area contributed by atoms with E-state index < -0.39 is 0 Å². The van der Waals surface area contributed by atoms with Crippen LogP contribution in [0.1, 0.15) is 59.3 Å². The minimum absolute atomic E-state index is 0.732. The van der Waals surface area contributed by atoms with Crippen molar-refractivity contribution < 1.29 is 0 Å². The summed E-state index contributed by atoms with van der Waals surface area (Å²) in [6.07, 6.45) is 14.5. The predicted octanol–water partition coefficient (Wildman–Crippen LogP) is 5.30. The van der Waals surface area contributed by atoms with Crippen LogP contribution in [0, 0.1) is 11.8 Å². The highest BCUT2D eigenvalue weighted by atomic mass is 15.5. The molecule has 1 unspecified atom stereocenters. The third-order valence-corrected chi connectivity index (χ3v) is 4.70. The van der Waals surface area contributed by atoms with Gasteiger partial charge in [-0.15, -0.1) is 0 Å².